The first kappa shape index (κ1) is 18.0. The highest BCUT2D eigenvalue weighted by molar-refractivity contribution is 5.75. The minimum Gasteiger partial charge on any atom is -0.489 e. The number of ether oxygens (including phenoxy) is 2. The minimum absolute atomic E-state index is 0.290. The van der Waals surface area contributed by atoms with Crippen LogP contribution in [0.25, 0.3) is 11.3 Å². The van der Waals surface area contributed by atoms with Crippen molar-refractivity contribution in [2.24, 2.45) is 0 Å². The Labute approximate surface area is 171 Å². The fraction of sp³-hybridized carbons (Fsp3) is 0.292. The van der Waals surface area contributed by atoms with Crippen LogP contribution >= 0.6 is 0 Å². The standard InChI is InChI=1S/C24H25N3O2/c1-17-16-29-24-22(15-21(26-23(17)24)18-5-3-2-4-6-18)25-19-7-9-20(10-8-19)27-11-13-28-14-12-27/h2-10,15,17H,11-14,16H2,1H3,(H,25,26). The van der Waals surface area contributed by atoms with E-state index < -0.39 is 0 Å². The van der Waals surface area contributed by atoms with Crippen molar-refractivity contribution < 1.29 is 9.47 Å². The zero-order valence-electron chi connectivity index (χ0n) is 16.6. The summed E-state index contributed by atoms with van der Waals surface area (Å²) in [5.41, 5.74) is 6.34. The molecule has 5 heteroatoms. The monoisotopic (exact) mass is 387 g/mol. The third-order valence-corrected chi connectivity index (χ3v) is 5.54. The zero-order chi connectivity index (χ0) is 19.6. The molecule has 0 radical (unpaired) electrons. The number of benzene rings is 2. The van der Waals surface area contributed by atoms with Crippen LogP contribution < -0.4 is 15.0 Å². The van der Waals surface area contributed by atoms with Crippen molar-refractivity contribution in [3.8, 4) is 17.0 Å². The van der Waals surface area contributed by atoms with Crippen molar-refractivity contribution in [2.75, 3.05) is 43.1 Å². The highest BCUT2D eigenvalue weighted by Gasteiger charge is 2.26. The summed E-state index contributed by atoms with van der Waals surface area (Å²) in [5.74, 6) is 1.16. The molecule has 29 heavy (non-hydrogen) atoms. The lowest BCUT2D eigenvalue weighted by molar-refractivity contribution is 0.122. The molecule has 0 spiro atoms. The fourth-order valence-corrected chi connectivity index (χ4v) is 3.91. The largest absolute Gasteiger partial charge is 0.489 e. The topological polar surface area (TPSA) is 46.6 Å². The van der Waals surface area contributed by atoms with Crippen LogP contribution in [0.4, 0.5) is 17.1 Å². The molecule has 1 fully saturated rings. The molecule has 0 amide bonds. The Hall–Kier alpha value is -3.05. The molecule has 0 saturated carbocycles. The fourth-order valence-electron chi connectivity index (χ4n) is 3.91. The molecule has 2 aliphatic heterocycles. The molecule has 0 aliphatic carbocycles. The number of pyridine rings is 1. The molecular weight excluding hydrogens is 362 g/mol. The Kier molecular flexibility index (Phi) is 4.82. The third kappa shape index (κ3) is 3.66. The van der Waals surface area contributed by atoms with Crippen LogP contribution in [0.2, 0.25) is 0 Å². The zero-order valence-corrected chi connectivity index (χ0v) is 16.6. The van der Waals surface area contributed by atoms with Crippen molar-refractivity contribution in [2.45, 2.75) is 12.8 Å². The summed E-state index contributed by atoms with van der Waals surface area (Å²) >= 11 is 0. The van der Waals surface area contributed by atoms with Gasteiger partial charge in [0.05, 0.1) is 36.9 Å². The molecule has 1 saturated heterocycles. The highest BCUT2D eigenvalue weighted by atomic mass is 16.5. The lowest BCUT2D eigenvalue weighted by atomic mass is 10.1. The predicted molar refractivity (Wildman–Crippen MR) is 116 cm³/mol. The first-order valence-electron chi connectivity index (χ1n) is 10.2. The van der Waals surface area contributed by atoms with E-state index in [1.165, 1.54) is 5.69 Å². The number of fused-ring (bicyclic) bond motifs is 1. The lowest BCUT2D eigenvalue weighted by Gasteiger charge is -2.29. The van der Waals surface area contributed by atoms with E-state index >= 15 is 0 Å². The molecule has 3 heterocycles. The molecule has 3 aromatic rings. The molecule has 2 aromatic carbocycles. The summed E-state index contributed by atoms with van der Waals surface area (Å²) in [6.07, 6.45) is 0. The quantitative estimate of drug-likeness (QED) is 0.695. The summed E-state index contributed by atoms with van der Waals surface area (Å²) in [6.45, 7) is 6.30. The summed E-state index contributed by atoms with van der Waals surface area (Å²) in [7, 11) is 0. The Balaban J connectivity index is 1.45. The van der Waals surface area contributed by atoms with Gasteiger partial charge in [-0.3, -0.25) is 0 Å². The van der Waals surface area contributed by atoms with Gasteiger partial charge in [0.2, 0.25) is 0 Å². The van der Waals surface area contributed by atoms with Crippen LogP contribution in [-0.2, 0) is 4.74 Å². The van der Waals surface area contributed by atoms with Crippen molar-refractivity contribution in [1.29, 1.82) is 0 Å². The first-order valence-corrected chi connectivity index (χ1v) is 10.2. The minimum atomic E-state index is 0.290. The van der Waals surface area contributed by atoms with Gasteiger partial charge >= 0.3 is 0 Å². The summed E-state index contributed by atoms with van der Waals surface area (Å²) in [4.78, 5) is 7.26. The number of morpholine rings is 1. The van der Waals surface area contributed by atoms with Gasteiger partial charge in [0.25, 0.3) is 0 Å². The normalized spacial score (nSPS) is 18.2. The van der Waals surface area contributed by atoms with E-state index in [4.69, 9.17) is 14.5 Å². The molecular formula is C24H25N3O2. The second kappa shape index (κ2) is 7.76. The van der Waals surface area contributed by atoms with Gasteiger partial charge in [-0.15, -0.1) is 0 Å². The van der Waals surface area contributed by atoms with Gasteiger partial charge in [-0.2, -0.15) is 0 Å². The number of anilines is 3. The van der Waals surface area contributed by atoms with Gasteiger partial charge in [0, 0.05) is 35.9 Å². The van der Waals surface area contributed by atoms with E-state index in [9.17, 15) is 0 Å². The van der Waals surface area contributed by atoms with Crippen molar-refractivity contribution in [3.05, 3.63) is 66.4 Å². The Bertz CT molecular complexity index is 983. The van der Waals surface area contributed by atoms with Crippen molar-refractivity contribution >= 4 is 17.1 Å². The summed E-state index contributed by atoms with van der Waals surface area (Å²) in [5, 5.41) is 3.56. The molecule has 5 rings (SSSR count). The van der Waals surface area contributed by atoms with E-state index in [2.05, 4.69) is 59.6 Å². The average Bonchev–Trinajstić information content (AvgIpc) is 3.16. The van der Waals surface area contributed by atoms with E-state index in [0.29, 0.717) is 6.61 Å². The van der Waals surface area contributed by atoms with Gasteiger partial charge < -0.3 is 19.7 Å². The van der Waals surface area contributed by atoms with Gasteiger partial charge in [-0.25, -0.2) is 4.98 Å². The number of aromatic nitrogens is 1. The highest BCUT2D eigenvalue weighted by Crippen LogP contribution is 2.41. The van der Waals surface area contributed by atoms with Crippen LogP contribution in [0.5, 0.6) is 5.75 Å². The third-order valence-electron chi connectivity index (χ3n) is 5.54. The molecule has 0 bridgehead atoms. The second-order valence-corrected chi connectivity index (χ2v) is 7.62. The lowest BCUT2D eigenvalue weighted by Crippen LogP contribution is -2.36. The second-order valence-electron chi connectivity index (χ2n) is 7.62. The van der Waals surface area contributed by atoms with E-state index in [1.54, 1.807) is 0 Å². The van der Waals surface area contributed by atoms with Gasteiger partial charge in [-0.1, -0.05) is 37.3 Å². The molecule has 1 atom stereocenters. The van der Waals surface area contributed by atoms with E-state index in [-0.39, 0.29) is 5.92 Å². The molecule has 1 aromatic heterocycles. The molecule has 148 valence electrons. The average molecular weight is 387 g/mol. The number of hydrogen-bond acceptors (Lipinski definition) is 5. The number of rotatable bonds is 4. The number of nitrogens with zero attached hydrogens (tertiary/aromatic N) is 2. The van der Waals surface area contributed by atoms with Crippen LogP contribution in [0.15, 0.2) is 60.7 Å². The van der Waals surface area contributed by atoms with Crippen LogP contribution in [0, 0.1) is 0 Å². The van der Waals surface area contributed by atoms with E-state index in [1.807, 2.05) is 18.2 Å². The SMILES string of the molecule is CC1COc2c(Nc3ccc(N4CCOCC4)cc3)cc(-c3ccccc3)nc21. The molecule has 1 unspecified atom stereocenters. The first-order chi connectivity index (χ1) is 14.3. The van der Waals surface area contributed by atoms with Crippen LogP contribution in [0.3, 0.4) is 0 Å². The number of hydrogen-bond donors (Lipinski definition) is 1. The molecule has 2 aliphatic rings. The summed E-state index contributed by atoms with van der Waals surface area (Å²) in [6, 6.07) is 21.0. The molecule has 5 nitrogen and oxygen atoms in total. The maximum atomic E-state index is 5.98. The Morgan fingerprint density at radius 2 is 1.76 bits per heavy atom. The van der Waals surface area contributed by atoms with Gasteiger partial charge in [0.1, 0.15) is 0 Å². The molecule has 1 N–H and O–H groups in total. The van der Waals surface area contributed by atoms with Gasteiger partial charge in [0.15, 0.2) is 5.75 Å². The maximum absolute atomic E-state index is 5.98. The van der Waals surface area contributed by atoms with Gasteiger partial charge in [-0.05, 0) is 30.3 Å². The van der Waals surface area contributed by atoms with E-state index in [0.717, 1.165) is 60.4 Å². The van der Waals surface area contributed by atoms with Crippen LogP contribution in [-0.4, -0.2) is 37.9 Å². The van der Waals surface area contributed by atoms with Crippen molar-refractivity contribution in [3.63, 3.8) is 0 Å². The smallest absolute Gasteiger partial charge is 0.164 e. The van der Waals surface area contributed by atoms with Crippen molar-refractivity contribution in [1.82, 2.24) is 4.98 Å². The Morgan fingerprint density at radius 3 is 2.52 bits per heavy atom. The number of nitrogens with one attached hydrogen (secondary N) is 1. The predicted octanol–water partition coefficient (Wildman–Crippen LogP) is 4.82. The van der Waals surface area contributed by atoms with Crippen LogP contribution in [0.1, 0.15) is 18.5 Å². The maximum Gasteiger partial charge on any atom is 0.164 e. The Morgan fingerprint density at radius 1 is 1.00 bits per heavy atom. The summed E-state index contributed by atoms with van der Waals surface area (Å²) < 4.78 is 11.4.